The fourth-order valence-electron chi connectivity index (χ4n) is 4.17. The number of benzene rings is 2. The van der Waals surface area contributed by atoms with E-state index in [1.165, 1.54) is 6.07 Å². The van der Waals surface area contributed by atoms with Gasteiger partial charge in [0.05, 0.1) is 24.3 Å². The number of ether oxygens (including phenoxy) is 2. The molecule has 0 unspecified atom stereocenters. The molecule has 0 spiro atoms. The highest BCUT2D eigenvalue weighted by Crippen LogP contribution is 2.45. The number of phenolic OH excluding ortho intramolecular Hbond substituents is 2. The molecule has 36 heavy (non-hydrogen) atoms. The zero-order chi connectivity index (χ0) is 25.8. The third-order valence-electron chi connectivity index (χ3n) is 6.02. The number of hydrogen-bond donors (Lipinski definition) is 3. The van der Waals surface area contributed by atoms with Gasteiger partial charge in [-0.15, -0.1) is 0 Å². The normalized spacial score (nSPS) is 14.4. The Labute approximate surface area is 210 Å². The van der Waals surface area contributed by atoms with Gasteiger partial charge < -0.3 is 29.5 Å². The van der Waals surface area contributed by atoms with Gasteiger partial charge in [0.25, 0.3) is 5.88 Å². The zero-order valence-electron chi connectivity index (χ0n) is 21.1. The van der Waals surface area contributed by atoms with E-state index in [0.29, 0.717) is 22.3 Å². The highest BCUT2D eigenvalue weighted by Gasteiger charge is 2.26. The summed E-state index contributed by atoms with van der Waals surface area (Å²) in [6.45, 7) is 11.6. The number of phenols is 2. The number of rotatable bonds is 7. The fraction of sp³-hybridized carbons (Fsp3) is 0.407. The predicted molar refractivity (Wildman–Crippen MR) is 135 cm³/mol. The number of hydrogen-bond acceptors (Lipinski definition) is 8. The van der Waals surface area contributed by atoms with Gasteiger partial charge in [0.2, 0.25) is 0 Å². The van der Waals surface area contributed by atoms with E-state index in [9.17, 15) is 15.0 Å². The van der Waals surface area contributed by atoms with Crippen LogP contribution in [-0.2, 0) is 11.3 Å². The van der Waals surface area contributed by atoms with Crippen LogP contribution in [-0.4, -0.2) is 58.7 Å². The van der Waals surface area contributed by atoms with Crippen molar-refractivity contribution >= 4 is 6.09 Å². The number of nitrogens with one attached hydrogen (secondary N) is 1. The molecule has 3 N–H and O–H groups in total. The lowest BCUT2D eigenvalue weighted by molar-refractivity contribution is 0.0342. The molecule has 3 aromatic rings. The molecule has 1 fully saturated rings. The summed E-state index contributed by atoms with van der Waals surface area (Å²) in [5, 5.41) is 27.7. The van der Waals surface area contributed by atoms with E-state index in [2.05, 4.69) is 15.4 Å². The van der Waals surface area contributed by atoms with Crippen molar-refractivity contribution in [2.75, 3.05) is 26.3 Å². The lowest BCUT2D eigenvalue weighted by Gasteiger charge is -2.26. The summed E-state index contributed by atoms with van der Waals surface area (Å²) in [6, 6.07) is 10.7. The number of aromatic nitrogens is 1. The smallest absolute Gasteiger partial charge is 0.414 e. The van der Waals surface area contributed by atoms with Crippen LogP contribution in [0.5, 0.6) is 17.4 Å². The molecule has 0 saturated carbocycles. The van der Waals surface area contributed by atoms with Crippen molar-refractivity contribution in [2.24, 2.45) is 0 Å². The van der Waals surface area contributed by atoms with Gasteiger partial charge in [-0.3, -0.25) is 4.90 Å². The lowest BCUT2D eigenvalue weighted by Crippen LogP contribution is -2.35. The summed E-state index contributed by atoms with van der Waals surface area (Å²) in [6.07, 6.45) is -0.659. The summed E-state index contributed by atoms with van der Waals surface area (Å²) in [4.78, 5) is 14.7. The molecular formula is C27H33N3O6. The minimum atomic E-state index is -0.659. The molecular weight excluding hydrogens is 462 g/mol. The molecule has 2 aromatic carbocycles. The van der Waals surface area contributed by atoms with Crippen LogP contribution in [0.4, 0.5) is 4.79 Å². The number of morpholine rings is 1. The van der Waals surface area contributed by atoms with E-state index in [4.69, 9.17) is 14.0 Å². The maximum Gasteiger partial charge on any atom is 0.414 e. The first kappa shape index (κ1) is 25.5. The molecule has 9 heteroatoms. The molecule has 1 saturated heterocycles. The highest BCUT2D eigenvalue weighted by atomic mass is 16.6. The number of carbonyl (C=O) groups is 1. The van der Waals surface area contributed by atoms with E-state index in [-0.39, 0.29) is 35.1 Å². The molecule has 1 aromatic heterocycles. The third kappa shape index (κ3) is 5.80. The van der Waals surface area contributed by atoms with Gasteiger partial charge in [0.1, 0.15) is 11.5 Å². The Balaban J connectivity index is 1.73. The number of aromatic hydroxyl groups is 2. The van der Waals surface area contributed by atoms with Gasteiger partial charge in [-0.25, -0.2) is 4.79 Å². The van der Waals surface area contributed by atoms with Crippen molar-refractivity contribution in [3.8, 4) is 39.8 Å². The minimum Gasteiger partial charge on any atom is -0.508 e. The quantitative estimate of drug-likeness (QED) is 0.425. The first-order valence-corrected chi connectivity index (χ1v) is 12.2. The molecule has 1 aliphatic rings. The molecule has 2 heterocycles. The maximum atomic E-state index is 12.4. The van der Waals surface area contributed by atoms with Crippen molar-refractivity contribution in [2.45, 2.75) is 46.2 Å². The average molecular weight is 496 g/mol. The van der Waals surface area contributed by atoms with Crippen molar-refractivity contribution in [3.63, 3.8) is 0 Å². The molecule has 0 radical (unpaired) electrons. The Kier molecular flexibility index (Phi) is 7.81. The maximum absolute atomic E-state index is 12.4. The van der Waals surface area contributed by atoms with Crippen LogP contribution in [0.15, 0.2) is 40.9 Å². The van der Waals surface area contributed by atoms with E-state index < -0.39 is 6.09 Å². The van der Waals surface area contributed by atoms with Gasteiger partial charge in [-0.1, -0.05) is 38.1 Å². The molecule has 192 valence electrons. The standard InChI is InChI=1S/C27H33N3O6/c1-16(2)20-13-21(23(32)14-22(20)31)25-24(26(29-36-25)35-27(33)28-17(3)4)19-7-5-18(6-8-19)15-30-9-11-34-12-10-30/h5-8,13-14,16-17,31-32H,9-12,15H2,1-4H3,(H,28,33). The SMILES string of the molecule is CC(C)NC(=O)Oc1noc(-c2cc(C(C)C)c(O)cc2O)c1-c1ccc(CN2CCOCC2)cc1. The van der Waals surface area contributed by atoms with Crippen LogP contribution in [0.1, 0.15) is 44.7 Å². The molecule has 0 atom stereocenters. The lowest BCUT2D eigenvalue weighted by atomic mass is 9.95. The topological polar surface area (TPSA) is 117 Å². The number of carbonyl (C=O) groups excluding carboxylic acids is 1. The monoisotopic (exact) mass is 495 g/mol. The molecule has 1 aliphatic heterocycles. The van der Waals surface area contributed by atoms with Crippen molar-refractivity contribution in [1.82, 2.24) is 15.4 Å². The fourth-order valence-corrected chi connectivity index (χ4v) is 4.17. The van der Waals surface area contributed by atoms with E-state index in [1.807, 2.05) is 52.0 Å². The average Bonchev–Trinajstić information content (AvgIpc) is 3.22. The molecule has 0 aliphatic carbocycles. The second kappa shape index (κ2) is 11.0. The number of nitrogens with zero attached hydrogens (tertiary/aromatic N) is 2. The second-order valence-corrected chi connectivity index (χ2v) is 9.55. The van der Waals surface area contributed by atoms with Crippen LogP contribution in [0, 0.1) is 0 Å². The Bertz CT molecular complexity index is 1200. The molecule has 0 bridgehead atoms. The number of amides is 1. The summed E-state index contributed by atoms with van der Waals surface area (Å²) >= 11 is 0. The van der Waals surface area contributed by atoms with E-state index >= 15 is 0 Å². The van der Waals surface area contributed by atoms with Crippen LogP contribution < -0.4 is 10.1 Å². The molecule has 4 rings (SSSR count). The third-order valence-corrected chi connectivity index (χ3v) is 6.02. The van der Waals surface area contributed by atoms with Crippen molar-refractivity contribution < 1.29 is 29.0 Å². The van der Waals surface area contributed by atoms with Gasteiger partial charge in [0, 0.05) is 31.7 Å². The minimum absolute atomic E-state index is 0.00253. The Morgan fingerprint density at radius 2 is 1.78 bits per heavy atom. The van der Waals surface area contributed by atoms with Crippen LogP contribution >= 0.6 is 0 Å². The predicted octanol–water partition coefficient (Wildman–Crippen LogP) is 4.87. The Hall–Kier alpha value is -3.56. The van der Waals surface area contributed by atoms with E-state index in [0.717, 1.165) is 38.4 Å². The van der Waals surface area contributed by atoms with Gasteiger partial charge in [0.15, 0.2) is 5.76 Å². The largest absolute Gasteiger partial charge is 0.508 e. The summed E-state index contributed by atoms with van der Waals surface area (Å²) < 4.78 is 16.6. The van der Waals surface area contributed by atoms with E-state index in [1.54, 1.807) is 6.07 Å². The van der Waals surface area contributed by atoms with Gasteiger partial charge >= 0.3 is 6.09 Å². The van der Waals surface area contributed by atoms with Crippen LogP contribution in [0.3, 0.4) is 0 Å². The summed E-state index contributed by atoms with van der Waals surface area (Å²) in [5.74, 6) is 0.0528. The van der Waals surface area contributed by atoms with Crippen LogP contribution in [0.2, 0.25) is 0 Å². The zero-order valence-corrected chi connectivity index (χ0v) is 21.1. The van der Waals surface area contributed by atoms with Gasteiger partial charge in [-0.2, -0.15) is 0 Å². The first-order chi connectivity index (χ1) is 17.2. The molecule has 9 nitrogen and oxygen atoms in total. The summed E-state index contributed by atoms with van der Waals surface area (Å²) in [7, 11) is 0. The second-order valence-electron chi connectivity index (χ2n) is 9.55. The Morgan fingerprint density at radius 3 is 2.42 bits per heavy atom. The van der Waals surface area contributed by atoms with Crippen molar-refractivity contribution in [1.29, 1.82) is 0 Å². The van der Waals surface area contributed by atoms with Crippen LogP contribution in [0.25, 0.3) is 22.5 Å². The molecule has 1 amide bonds. The summed E-state index contributed by atoms with van der Waals surface area (Å²) in [5.41, 5.74) is 3.26. The first-order valence-electron chi connectivity index (χ1n) is 12.2. The highest BCUT2D eigenvalue weighted by molar-refractivity contribution is 5.87. The Morgan fingerprint density at radius 1 is 1.08 bits per heavy atom. The van der Waals surface area contributed by atoms with Crippen molar-refractivity contribution in [3.05, 3.63) is 47.5 Å². The van der Waals surface area contributed by atoms with Gasteiger partial charge in [-0.05, 0) is 47.7 Å².